The summed E-state index contributed by atoms with van der Waals surface area (Å²) in [7, 11) is 0. The van der Waals surface area contributed by atoms with Crippen molar-refractivity contribution < 1.29 is 18.7 Å². The average Bonchev–Trinajstić information content (AvgIpc) is 2.62. The van der Waals surface area contributed by atoms with E-state index in [-0.39, 0.29) is 23.0 Å². The van der Waals surface area contributed by atoms with Crippen LogP contribution < -0.4 is 0 Å². The van der Waals surface area contributed by atoms with E-state index in [1.165, 1.54) is 18.2 Å². The van der Waals surface area contributed by atoms with E-state index in [4.69, 9.17) is 16.3 Å². The first-order valence-electron chi connectivity index (χ1n) is 8.84. The average molecular weight is 387 g/mol. The van der Waals surface area contributed by atoms with Gasteiger partial charge in [0, 0.05) is 16.5 Å². The van der Waals surface area contributed by atoms with Gasteiger partial charge in [-0.3, -0.25) is 9.59 Å². The summed E-state index contributed by atoms with van der Waals surface area (Å²) in [6, 6.07) is 12.1. The maximum atomic E-state index is 14.6. The zero-order valence-corrected chi connectivity index (χ0v) is 15.9. The van der Waals surface area contributed by atoms with Gasteiger partial charge in [0.05, 0.1) is 6.61 Å². The van der Waals surface area contributed by atoms with Gasteiger partial charge in [0.25, 0.3) is 0 Å². The fourth-order valence-corrected chi connectivity index (χ4v) is 3.79. The van der Waals surface area contributed by atoms with Gasteiger partial charge < -0.3 is 4.74 Å². The lowest BCUT2D eigenvalue weighted by molar-refractivity contribution is -0.151. The van der Waals surface area contributed by atoms with Crippen LogP contribution in [0.1, 0.15) is 36.0 Å². The predicted molar refractivity (Wildman–Crippen MR) is 103 cm³/mol. The van der Waals surface area contributed by atoms with Crippen LogP contribution in [0.2, 0.25) is 5.02 Å². The van der Waals surface area contributed by atoms with E-state index in [0.29, 0.717) is 6.42 Å². The Morgan fingerprint density at radius 2 is 1.93 bits per heavy atom. The predicted octanol–water partition coefficient (Wildman–Crippen LogP) is 5.11. The van der Waals surface area contributed by atoms with Crippen LogP contribution >= 0.6 is 11.6 Å². The van der Waals surface area contributed by atoms with E-state index in [1.54, 1.807) is 13.0 Å². The van der Waals surface area contributed by atoms with E-state index >= 15 is 0 Å². The number of rotatable bonds is 4. The Bertz CT molecular complexity index is 882. The largest absolute Gasteiger partial charge is 0.465 e. The lowest BCUT2D eigenvalue weighted by atomic mass is 9.73. The number of hydrogen-bond acceptors (Lipinski definition) is 3. The first-order chi connectivity index (χ1) is 12.9. The molecule has 5 heteroatoms. The van der Waals surface area contributed by atoms with Crippen molar-refractivity contribution in [3.8, 4) is 0 Å². The van der Waals surface area contributed by atoms with Gasteiger partial charge in [0.1, 0.15) is 11.7 Å². The van der Waals surface area contributed by atoms with E-state index in [0.717, 1.165) is 16.7 Å². The van der Waals surface area contributed by atoms with Crippen molar-refractivity contribution in [1.82, 2.24) is 0 Å². The van der Waals surface area contributed by atoms with Gasteiger partial charge in [-0.15, -0.1) is 0 Å². The molecule has 2 atom stereocenters. The molecule has 0 radical (unpaired) electrons. The number of esters is 1. The molecule has 2 aromatic carbocycles. The second-order valence-electron chi connectivity index (χ2n) is 6.61. The molecular weight excluding hydrogens is 367 g/mol. The molecule has 27 heavy (non-hydrogen) atoms. The molecule has 0 saturated carbocycles. The summed E-state index contributed by atoms with van der Waals surface area (Å²) in [6.45, 7) is 3.79. The number of ether oxygens (including phenoxy) is 1. The summed E-state index contributed by atoms with van der Waals surface area (Å²) in [5.41, 5.74) is 2.90. The Hall–Kier alpha value is -2.46. The third-order valence-corrected chi connectivity index (χ3v) is 5.13. The molecule has 0 spiro atoms. The summed E-state index contributed by atoms with van der Waals surface area (Å²) < 4.78 is 19.7. The number of halogens is 2. The quantitative estimate of drug-likeness (QED) is 0.542. The maximum Gasteiger partial charge on any atom is 0.317 e. The normalized spacial score (nSPS) is 19.6. The molecule has 2 aromatic rings. The Morgan fingerprint density at radius 1 is 1.22 bits per heavy atom. The Kier molecular flexibility index (Phi) is 5.76. The van der Waals surface area contributed by atoms with Gasteiger partial charge >= 0.3 is 5.97 Å². The molecule has 0 unspecified atom stereocenters. The molecule has 0 heterocycles. The molecule has 0 bridgehead atoms. The van der Waals surface area contributed by atoms with Crippen LogP contribution in [0.5, 0.6) is 0 Å². The lowest BCUT2D eigenvalue weighted by Gasteiger charge is -2.30. The molecule has 3 rings (SSSR count). The van der Waals surface area contributed by atoms with Crippen LogP contribution in [-0.4, -0.2) is 18.4 Å². The number of hydrogen-bond donors (Lipinski definition) is 0. The number of carbonyl (C=O) groups excluding carboxylic acids is 2. The lowest BCUT2D eigenvalue weighted by Crippen LogP contribution is -2.34. The highest BCUT2D eigenvalue weighted by Crippen LogP contribution is 2.43. The third-order valence-electron chi connectivity index (χ3n) is 4.80. The molecule has 0 fully saturated rings. The number of aryl methyl sites for hydroxylation is 1. The minimum Gasteiger partial charge on any atom is -0.465 e. The van der Waals surface area contributed by atoms with Gasteiger partial charge in [-0.2, -0.15) is 0 Å². The molecule has 3 nitrogen and oxygen atoms in total. The minimum atomic E-state index is -1.10. The Labute approximate surface area is 162 Å². The molecule has 0 N–H and O–H groups in total. The third kappa shape index (κ3) is 3.96. The van der Waals surface area contributed by atoms with E-state index in [9.17, 15) is 14.0 Å². The van der Waals surface area contributed by atoms with Gasteiger partial charge in [0.2, 0.25) is 0 Å². The monoisotopic (exact) mass is 386 g/mol. The van der Waals surface area contributed by atoms with Crippen LogP contribution in [0, 0.1) is 18.7 Å². The summed E-state index contributed by atoms with van der Waals surface area (Å²) in [6.07, 6.45) is 1.79. The number of benzene rings is 2. The van der Waals surface area contributed by atoms with Crippen LogP contribution in [0.15, 0.2) is 48.5 Å². The van der Waals surface area contributed by atoms with Gasteiger partial charge in [-0.25, -0.2) is 4.39 Å². The fraction of sp³-hybridized carbons (Fsp3) is 0.273. The SMILES string of the molecule is CCOC(=O)[C@H]1C(=O)C=C(c2ccc(C)cc2)C[C@H]1c1c(F)cccc1Cl. The minimum absolute atomic E-state index is 0.148. The van der Waals surface area contributed by atoms with E-state index in [2.05, 4.69) is 0 Å². The molecule has 0 aromatic heterocycles. The van der Waals surface area contributed by atoms with Crippen LogP contribution in [0.3, 0.4) is 0 Å². The Morgan fingerprint density at radius 3 is 2.56 bits per heavy atom. The van der Waals surface area contributed by atoms with Crippen molar-refractivity contribution >= 4 is 28.9 Å². The molecule has 0 aliphatic heterocycles. The van der Waals surface area contributed by atoms with Crippen LogP contribution in [-0.2, 0) is 14.3 Å². The topological polar surface area (TPSA) is 43.4 Å². The molecule has 140 valence electrons. The summed E-state index contributed by atoms with van der Waals surface area (Å²) in [4.78, 5) is 25.3. The standard InChI is InChI=1S/C22H20ClFO3/c1-3-27-22(26)21-16(20-17(23)5-4-6-18(20)24)11-15(12-19(21)25)14-9-7-13(2)8-10-14/h4-10,12,16,21H,3,11H2,1-2H3/t16-,21+/m0/s1. The van der Waals surface area contributed by atoms with Crippen molar-refractivity contribution in [2.24, 2.45) is 5.92 Å². The number of carbonyl (C=O) groups is 2. The Balaban J connectivity index is 2.09. The summed E-state index contributed by atoms with van der Waals surface area (Å²) in [5, 5.41) is 0.201. The zero-order valence-electron chi connectivity index (χ0n) is 15.2. The molecule has 1 aliphatic rings. The van der Waals surface area contributed by atoms with E-state index < -0.39 is 23.6 Å². The summed E-state index contributed by atoms with van der Waals surface area (Å²) in [5.74, 6) is -3.38. The first kappa shape index (κ1) is 19.3. The smallest absolute Gasteiger partial charge is 0.317 e. The van der Waals surface area contributed by atoms with Crippen molar-refractivity contribution in [2.75, 3.05) is 6.61 Å². The first-order valence-corrected chi connectivity index (χ1v) is 9.22. The van der Waals surface area contributed by atoms with Gasteiger partial charge in [-0.1, -0.05) is 47.5 Å². The molecule has 0 amide bonds. The van der Waals surface area contributed by atoms with Crippen LogP contribution in [0.25, 0.3) is 5.57 Å². The van der Waals surface area contributed by atoms with Crippen LogP contribution in [0.4, 0.5) is 4.39 Å². The number of allylic oxidation sites excluding steroid dienone is 2. The zero-order chi connectivity index (χ0) is 19.6. The highest BCUT2D eigenvalue weighted by molar-refractivity contribution is 6.31. The molecular formula is C22H20ClFO3. The molecule has 1 aliphatic carbocycles. The maximum absolute atomic E-state index is 14.6. The second-order valence-corrected chi connectivity index (χ2v) is 7.02. The van der Waals surface area contributed by atoms with Gasteiger partial charge in [-0.05, 0) is 49.6 Å². The van der Waals surface area contributed by atoms with Crippen molar-refractivity contribution in [1.29, 1.82) is 0 Å². The fourth-order valence-electron chi connectivity index (χ4n) is 3.49. The summed E-state index contributed by atoms with van der Waals surface area (Å²) >= 11 is 6.25. The number of ketones is 1. The second kappa shape index (κ2) is 8.05. The highest BCUT2D eigenvalue weighted by Gasteiger charge is 2.41. The molecule has 0 saturated heterocycles. The van der Waals surface area contributed by atoms with Gasteiger partial charge in [0.15, 0.2) is 5.78 Å². The van der Waals surface area contributed by atoms with Crippen molar-refractivity contribution in [3.63, 3.8) is 0 Å². The van der Waals surface area contributed by atoms with Crippen molar-refractivity contribution in [2.45, 2.75) is 26.2 Å². The van der Waals surface area contributed by atoms with Crippen molar-refractivity contribution in [3.05, 3.63) is 76.1 Å². The highest BCUT2D eigenvalue weighted by atomic mass is 35.5. The van der Waals surface area contributed by atoms with E-state index in [1.807, 2.05) is 31.2 Å².